The zero-order valence-electron chi connectivity index (χ0n) is 16.6. The second-order valence-corrected chi connectivity index (χ2v) is 6.91. The molecule has 0 unspecified atom stereocenters. The molecule has 0 radical (unpaired) electrons. The minimum absolute atomic E-state index is 0.0370. The molecule has 1 fully saturated rings. The fraction of sp³-hybridized carbons (Fsp3) is 0.364. The Hall–Kier alpha value is -3.02. The molecule has 0 bridgehead atoms. The Balaban J connectivity index is 1.63. The van der Waals surface area contributed by atoms with Crippen LogP contribution in [-0.2, 0) is 16.0 Å². The average Bonchev–Trinajstić information content (AvgIpc) is 3.11. The van der Waals surface area contributed by atoms with E-state index in [0.29, 0.717) is 30.3 Å². The highest BCUT2D eigenvalue weighted by atomic mass is 16.5. The molecule has 28 heavy (non-hydrogen) atoms. The van der Waals surface area contributed by atoms with Crippen LogP contribution in [-0.4, -0.2) is 51.1 Å². The van der Waals surface area contributed by atoms with E-state index in [0.717, 1.165) is 6.42 Å². The molecule has 6 heteroatoms. The summed E-state index contributed by atoms with van der Waals surface area (Å²) in [5.74, 6) is 0.806. The van der Waals surface area contributed by atoms with Crippen molar-refractivity contribution in [2.45, 2.75) is 12.8 Å². The molecular formula is C22H26N2O4. The molecule has 1 atom stereocenters. The molecule has 2 aromatic rings. The highest BCUT2D eigenvalue weighted by Gasteiger charge is 2.35. The van der Waals surface area contributed by atoms with Gasteiger partial charge in [-0.2, -0.15) is 0 Å². The molecule has 6 nitrogen and oxygen atoms in total. The fourth-order valence-corrected chi connectivity index (χ4v) is 3.50. The topological polar surface area (TPSA) is 59.1 Å². The van der Waals surface area contributed by atoms with Gasteiger partial charge in [0.2, 0.25) is 11.8 Å². The molecule has 0 N–H and O–H groups in total. The van der Waals surface area contributed by atoms with E-state index >= 15 is 0 Å². The van der Waals surface area contributed by atoms with Gasteiger partial charge in [-0.25, -0.2) is 0 Å². The predicted octanol–water partition coefficient (Wildman–Crippen LogP) is 2.76. The highest BCUT2D eigenvalue weighted by molar-refractivity contribution is 5.98. The number of methoxy groups -OCH3 is 2. The molecule has 2 aromatic carbocycles. The summed E-state index contributed by atoms with van der Waals surface area (Å²) in [6.45, 7) is 1.09. The third kappa shape index (κ3) is 4.27. The lowest BCUT2D eigenvalue weighted by atomic mass is 10.1. The summed E-state index contributed by atoms with van der Waals surface area (Å²) in [7, 11) is 4.85. The van der Waals surface area contributed by atoms with Gasteiger partial charge in [0, 0.05) is 38.3 Å². The molecule has 3 rings (SSSR count). The van der Waals surface area contributed by atoms with Gasteiger partial charge in [-0.1, -0.05) is 30.3 Å². The van der Waals surface area contributed by atoms with Crippen molar-refractivity contribution < 1.29 is 19.1 Å². The van der Waals surface area contributed by atoms with Gasteiger partial charge in [0.05, 0.1) is 20.1 Å². The monoisotopic (exact) mass is 382 g/mol. The van der Waals surface area contributed by atoms with E-state index in [4.69, 9.17) is 9.47 Å². The summed E-state index contributed by atoms with van der Waals surface area (Å²) in [5, 5.41) is 0. The van der Waals surface area contributed by atoms with Crippen molar-refractivity contribution in [2.75, 3.05) is 39.3 Å². The van der Waals surface area contributed by atoms with Crippen LogP contribution >= 0.6 is 0 Å². The lowest BCUT2D eigenvalue weighted by Gasteiger charge is -2.22. The molecule has 2 amide bonds. The lowest BCUT2D eigenvalue weighted by Crippen LogP contribution is -2.35. The minimum atomic E-state index is -0.332. The third-order valence-corrected chi connectivity index (χ3v) is 5.16. The zero-order valence-corrected chi connectivity index (χ0v) is 16.6. The molecule has 1 saturated heterocycles. The van der Waals surface area contributed by atoms with Crippen LogP contribution in [0, 0.1) is 5.92 Å². The maximum Gasteiger partial charge on any atom is 0.232 e. The van der Waals surface area contributed by atoms with Gasteiger partial charge < -0.3 is 19.3 Å². The van der Waals surface area contributed by atoms with E-state index < -0.39 is 0 Å². The zero-order chi connectivity index (χ0) is 20.1. The van der Waals surface area contributed by atoms with E-state index in [9.17, 15) is 9.59 Å². The van der Waals surface area contributed by atoms with Gasteiger partial charge >= 0.3 is 0 Å². The highest BCUT2D eigenvalue weighted by Crippen LogP contribution is 2.32. The Labute approximate surface area is 165 Å². The number of rotatable bonds is 7. The molecule has 1 aliphatic rings. The van der Waals surface area contributed by atoms with Crippen molar-refractivity contribution >= 4 is 17.5 Å². The molecule has 0 aromatic heterocycles. The van der Waals surface area contributed by atoms with Crippen molar-refractivity contribution in [1.29, 1.82) is 0 Å². The first-order valence-electron chi connectivity index (χ1n) is 9.34. The Kier molecular flexibility index (Phi) is 6.19. The number of hydrogen-bond acceptors (Lipinski definition) is 4. The summed E-state index contributed by atoms with van der Waals surface area (Å²) in [5.41, 5.74) is 1.89. The van der Waals surface area contributed by atoms with Gasteiger partial charge in [0.25, 0.3) is 0 Å². The third-order valence-electron chi connectivity index (χ3n) is 5.16. The molecule has 1 aliphatic heterocycles. The lowest BCUT2D eigenvalue weighted by molar-refractivity contribution is -0.128. The number of benzene rings is 2. The fourth-order valence-electron chi connectivity index (χ4n) is 3.50. The van der Waals surface area contributed by atoms with E-state index in [2.05, 4.69) is 0 Å². The van der Waals surface area contributed by atoms with E-state index in [-0.39, 0.29) is 24.2 Å². The summed E-state index contributed by atoms with van der Waals surface area (Å²) in [6.07, 6.45) is 1.05. The summed E-state index contributed by atoms with van der Waals surface area (Å²) < 4.78 is 10.6. The van der Waals surface area contributed by atoms with Crippen LogP contribution in [0.5, 0.6) is 11.5 Å². The number of carbonyl (C=O) groups excluding carboxylic acids is 2. The van der Waals surface area contributed by atoms with Crippen molar-refractivity contribution in [3.63, 3.8) is 0 Å². The van der Waals surface area contributed by atoms with Crippen LogP contribution in [0.1, 0.15) is 12.0 Å². The quantitative estimate of drug-likeness (QED) is 0.739. The molecular weight excluding hydrogens is 356 g/mol. The van der Waals surface area contributed by atoms with Gasteiger partial charge in [-0.05, 0) is 24.1 Å². The molecule has 0 saturated carbocycles. The number of carbonyl (C=O) groups is 2. The van der Waals surface area contributed by atoms with Crippen molar-refractivity contribution in [2.24, 2.45) is 5.92 Å². The van der Waals surface area contributed by atoms with Crippen molar-refractivity contribution in [3.05, 3.63) is 54.1 Å². The Morgan fingerprint density at radius 3 is 2.50 bits per heavy atom. The van der Waals surface area contributed by atoms with Crippen LogP contribution < -0.4 is 14.4 Å². The Bertz CT molecular complexity index is 838. The summed E-state index contributed by atoms with van der Waals surface area (Å²) in [6, 6.07) is 15.4. The average molecular weight is 382 g/mol. The van der Waals surface area contributed by atoms with Crippen LogP contribution in [0.25, 0.3) is 0 Å². The number of amides is 2. The number of likely N-dealkylation sites (tertiary alicyclic amines) is 1. The normalized spacial score (nSPS) is 16.2. The first kappa shape index (κ1) is 19.7. The predicted molar refractivity (Wildman–Crippen MR) is 108 cm³/mol. The number of ether oxygens (including phenoxy) is 2. The number of anilines is 1. The number of nitrogens with zero attached hydrogens (tertiary/aromatic N) is 2. The first-order chi connectivity index (χ1) is 13.5. The van der Waals surface area contributed by atoms with Gasteiger partial charge in [-0.15, -0.1) is 0 Å². The van der Waals surface area contributed by atoms with E-state index in [1.807, 2.05) is 36.4 Å². The second kappa shape index (κ2) is 8.78. The Morgan fingerprint density at radius 1 is 1.11 bits per heavy atom. The van der Waals surface area contributed by atoms with Crippen LogP contribution in [0.2, 0.25) is 0 Å². The molecule has 148 valence electrons. The second-order valence-electron chi connectivity index (χ2n) is 6.91. The maximum atomic E-state index is 12.9. The number of hydrogen-bond donors (Lipinski definition) is 0. The van der Waals surface area contributed by atoms with E-state index in [1.54, 1.807) is 43.2 Å². The van der Waals surface area contributed by atoms with Crippen LogP contribution in [0.15, 0.2) is 48.5 Å². The smallest absolute Gasteiger partial charge is 0.232 e. The molecule has 0 aliphatic carbocycles. The van der Waals surface area contributed by atoms with Crippen LogP contribution in [0.4, 0.5) is 5.69 Å². The molecule has 0 spiro atoms. The van der Waals surface area contributed by atoms with Gasteiger partial charge in [0.15, 0.2) is 11.5 Å². The van der Waals surface area contributed by atoms with E-state index in [1.165, 1.54) is 5.56 Å². The van der Waals surface area contributed by atoms with Crippen molar-refractivity contribution in [1.82, 2.24) is 4.90 Å². The Morgan fingerprint density at radius 2 is 1.82 bits per heavy atom. The summed E-state index contributed by atoms with van der Waals surface area (Å²) in [4.78, 5) is 28.7. The van der Waals surface area contributed by atoms with Gasteiger partial charge in [0.1, 0.15) is 0 Å². The van der Waals surface area contributed by atoms with Crippen LogP contribution in [0.3, 0.4) is 0 Å². The van der Waals surface area contributed by atoms with Gasteiger partial charge in [-0.3, -0.25) is 9.59 Å². The summed E-state index contributed by atoms with van der Waals surface area (Å²) >= 11 is 0. The SMILES string of the molecule is COc1ccc(N(C)C(=O)[C@@H]2CC(=O)N(CCc3ccccc3)C2)cc1OC. The first-order valence-corrected chi connectivity index (χ1v) is 9.34. The standard InChI is InChI=1S/C22H26N2O4/c1-23(18-9-10-19(27-2)20(14-18)28-3)22(26)17-13-21(25)24(15-17)12-11-16-7-5-4-6-8-16/h4-10,14,17H,11-13,15H2,1-3H3/t17-/m1/s1. The molecule has 1 heterocycles. The largest absolute Gasteiger partial charge is 0.493 e. The maximum absolute atomic E-state index is 12.9. The van der Waals surface area contributed by atoms with Crippen molar-refractivity contribution in [3.8, 4) is 11.5 Å². The minimum Gasteiger partial charge on any atom is -0.493 e.